The third-order valence-corrected chi connectivity index (χ3v) is 2.62. The van der Waals surface area contributed by atoms with Gasteiger partial charge in [-0.3, -0.25) is 0 Å². The molecule has 2 rings (SSSR count). The van der Waals surface area contributed by atoms with Gasteiger partial charge in [0.25, 0.3) is 5.22 Å². The van der Waals surface area contributed by atoms with E-state index in [0.717, 1.165) is 0 Å². The maximum Gasteiger partial charge on any atom is 0.282 e. The standard InChI is InChI=1S/C10H12N4O2S/c1-3-15-9-7(11)4-5-8(12-9)17-10-14-13-6(2)16-10/h4-5H,3,11H2,1-2H3. The van der Waals surface area contributed by atoms with Crippen molar-refractivity contribution in [1.29, 1.82) is 0 Å². The van der Waals surface area contributed by atoms with Crippen molar-refractivity contribution in [3.05, 3.63) is 18.0 Å². The van der Waals surface area contributed by atoms with Crippen LogP contribution in [0.3, 0.4) is 0 Å². The van der Waals surface area contributed by atoms with E-state index in [-0.39, 0.29) is 0 Å². The summed E-state index contributed by atoms with van der Waals surface area (Å²) in [6, 6.07) is 3.52. The van der Waals surface area contributed by atoms with Gasteiger partial charge >= 0.3 is 0 Å². The smallest absolute Gasteiger partial charge is 0.282 e. The zero-order chi connectivity index (χ0) is 12.3. The van der Waals surface area contributed by atoms with Crippen LogP contribution < -0.4 is 10.5 Å². The molecule has 0 aliphatic rings. The van der Waals surface area contributed by atoms with Crippen LogP contribution >= 0.6 is 11.8 Å². The molecule has 7 heteroatoms. The maximum atomic E-state index is 5.72. The van der Waals surface area contributed by atoms with Gasteiger partial charge in [-0.1, -0.05) is 0 Å². The number of aryl methyl sites for hydroxylation is 1. The molecule has 2 aromatic heterocycles. The minimum atomic E-state index is 0.425. The largest absolute Gasteiger partial charge is 0.476 e. The van der Waals surface area contributed by atoms with Crippen molar-refractivity contribution < 1.29 is 9.15 Å². The van der Waals surface area contributed by atoms with E-state index in [1.54, 1.807) is 19.1 Å². The summed E-state index contributed by atoms with van der Waals surface area (Å²) in [5.41, 5.74) is 6.24. The van der Waals surface area contributed by atoms with Gasteiger partial charge in [0.2, 0.25) is 11.8 Å². The fourth-order valence-electron chi connectivity index (χ4n) is 1.15. The van der Waals surface area contributed by atoms with E-state index < -0.39 is 0 Å². The average Bonchev–Trinajstić information content (AvgIpc) is 2.69. The Bertz CT molecular complexity index is 515. The summed E-state index contributed by atoms with van der Waals surface area (Å²) in [6.45, 7) is 4.13. The topological polar surface area (TPSA) is 87.1 Å². The molecule has 0 aliphatic heterocycles. The number of aromatic nitrogens is 3. The highest BCUT2D eigenvalue weighted by Crippen LogP contribution is 2.28. The first-order chi connectivity index (χ1) is 8.19. The van der Waals surface area contributed by atoms with Crippen LogP contribution in [0.4, 0.5) is 5.69 Å². The molecule has 2 heterocycles. The maximum absolute atomic E-state index is 5.72. The van der Waals surface area contributed by atoms with E-state index in [4.69, 9.17) is 14.9 Å². The molecule has 0 spiro atoms. The summed E-state index contributed by atoms with van der Waals surface area (Å²) in [4.78, 5) is 4.25. The van der Waals surface area contributed by atoms with Crippen molar-refractivity contribution in [2.75, 3.05) is 12.3 Å². The van der Waals surface area contributed by atoms with Crippen molar-refractivity contribution in [1.82, 2.24) is 15.2 Å². The Labute approximate surface area is 103 Å². The molecule has 0 unspecified atom stereocenters. The van der Waals surface area contributed by atoms with Gasteiger partial charge in [0.05, 0.1) is 12.3 Å². The molecule has 0 saturated heterocycles. The highest BCUT2D eigenvalue weighted by atomic mass is 32.2. The number of pyridine rings is 1. The summed E-state index contributed by atoms with van der Waals surface area (Å²) in [5, 5.41) is 8.76. The van der Waals surface area contributed by atoms with Crippen molar-refractivity contribution in [2.45, 2.75) is 24.1 Å². The number of nitrogens with two attached hydrogens (primary N) is 1. The van der Waals surface area contributed by atoms with Crippen LogP contribution in [0.2, 0.25) is 0 Å². The van der Waals surface area contributed by atoms with Crippen LogP contribution in [0.1, 0.15) is 12.8 Å². The van der Waals surface area contributed by atoms with E-state index in [0.29, 0.717) is 34.3 Å². The summed E-state index contributed by atoms with van der Waals surface area (Å²) in [7, 11) is 0. The van der Waals surface area contributed by atoms with E-state index >= 15 is 0 Å². The van der Waals surface area contributed by atoms with Gasteiger partial charge in [-0.15, -0.1) is 10.2 Å². The van der Waals surface area contributed by atoms with Gasteiger partial charge in [-0.05, 0) is 30.8 Å². The molecular formula is C10H12N4O2S. The molecule has 90 valence electrons. The van der Waals surface area contributed by atoms with Crippen LogP contribution in [0.5, 0.6) is 5.88 Å². The van der Waals surface area contributed by atoms with Crippen molar-refractivity contribution in [3.63, 3.8) is 0 Å². The van der Waals surface area contributed by atoms with Crippen LogP contribution in [0.15, 0.2) is 26.8 Å². The van der Waals surface area contributed by atoms with Gasteiger partial charge in [-0.25, -0.2) is 4.98 Å². The zero-order valence-corrected chi connectivity index (χ0v) is 10.3. The Morgan fingerprint density at radius 1 is 1.41 bits per heavy atom. The fraction of sp³-hybridized carbons (Fsp3) is 0.300. The normalized spacial score (nSPS) is 10.5. The van der Waals surface area contributed by atoms with Crippen LogP contribution in [-0.2, 0) is 0 Å². The molecule has 0 aliphatic carbocycles. The van der Waals surface area contributed by atoms with E-state index in [9.17, 15) is 0 Å². The Kier molecular flexibility index (Phi) is 3.48. The number of nitrogen functional groups attached to an aromatic ring is 1. The van der Waals surface area contributed by atoms with Crippen LogP contribution in [-0.4, -0.2) is 21.8 Å². The number of nitrogens with zero attached hydrogens (tertiary/aromatic N) is 3. The van der Waals surface area contributed by atoms with Gasteiger partial charge in [-0.2, -0.15) is 0 Å². The number of rotatable bonds is 4. The minimum absolute atomic E-state index is 0.425. The minimum Gasteiger partial charge on any atom is -0.476 e. The first-order valence-electron chi connectivity index (χ1n) is 5.06. The molecule has 0 atom stereocenters. The fourth-order valence-corrected chi connectivity index (χ4v) is 1.84. The lowest BCUT2D eigenvalue weighted by molar-refractivity contribution is 0.326. The van der Waals surface area contributed by atoms with Crippen LogP contribution in [0, 0.1) is 6.92 Å². The lowest BCUT2D eigenvalue weighted by Gasteiger charge is -2.06. The van der Waals surface area contributed by atoms with Crippen molar-refractivity contribution in [3.8, 4) is 5.88 Å². The van der Waals surface area contributed by atoms with Gasteiger partial charge in [0, 0.05) is 6.92 Å². The molecule has 17 heavy (non-hydrogen) atoms. The molecule has 0 saturated carbocycles. The third kappa shape index (κ3) is 2.88. The second-order valence-electron chi connectivity index (χ2n) is 3.17. The highest BCUT2D eigenvalue weighted by molar-refractivity contribution is 7.99. The number of hydrogen-bond acceptors (Lipinski definition) is 7. The predicted octanol–water partition coefficient (Wildman–Crippen LogP) is 1.91. The average molecular weight is 252 g/mol. The van der Waals surface area contributed by atoms with E-state index in [2.05, 4.69) is 15.2 Å². The van der Waals surface area contributed by atoms with Gasteiger partial charge < -0.3 is 14.9 Å². The molecule has 6 nitrogen and oxygen atoms in total. The van der Waals surface area contributed by atoms with Gasteiger partial charge in [0.15, 0.2) is 0 Å². The van der Waals surface area contributed by atoms with E-state index in [1.807, 2.05) is 6.92 Å². The second-order valence-corrected chi connectivity index (χ2v) is 4.14. The van der Waals surface area contributed by atoms with Crippen LogP contribution in [0.25, 0.3) is 0 Å². The van der Waals surface area contributed by atoms with Gasteiger partial charge in [0.1, 0.15) is 5.03 Å². The zero-order valence-electron chi connectivity index (χ0n) is 9.51. The SMILES string of the molecule is CCOc1nc(Sc2nnc(C)o2)ccc1N. The molecular weight excluding hydrogens is 240 g/mol. The summed E-state index contributed by atoms with van der Waals surface area (Å²) < 4.78 is 10.6. The Morgan fingerprint density at radius 3 is 2.88 bits per heavy atom. The Balaban J connectivity index is 2.18. The lowest BCUT2D eigenvalue weighted by atomic mass is 10.4. The number of hydrogen-bond donors (Lipinski definition) is 1. The summed E-state index contributed by atoms with van der Waals surface area (Å²) in [6.07, 6.45) is 0. The predicted molar refractivity (Wildman–Crippen MR) is 63.0 cm³/mol. The summed E-state index contributed by atoms with van der Waals surface area (Å²) >= 11 is 1.27. The quantitative estimate of drug-likeness (QED) is 0.889. The van der Waals surface area contributed by atoms with Crippen molar-refractivity contribution in [2.24, 2.45) is 0 Å². The third-order valence-electron chi connectivity index (χ3n) is 1.84. The lowest BCUT2D eigenvalue weighted by Crippen LogP contribution is -1.99. The highest BCUT2D eigenvalue weighted by Gasteiger charge is 2.09. The molecule has 0 amide bonds. The summed E-state index contributed by atoms with van der Waals surface area (Å²) in [5.74, 6) is 0.946. The van der Waals surface area contributed by atoms with Crippen molar-refractivity contribution >= 4 is 17.4 Å². The first-order valence-corrected chi connectivity index (χ1v) is 5.88. The molecule has 2 N–H and O–H groups in total. The van der Waals surface area contributed by atoms with E-state index in [1.165, 1.54) is 11.8 Å². The molecule has 0 aromatic carbocycles. The number of ether oxygens (including phenoxy) is 1. The molecule has 0 bridgehead atoms. The molecule has 0 fully saturated rings. The Morgan fingerprint density at radius 2 is 2.24 bits per heavy atom. The molecule has 0 radical (unpaired) electrons. The monoisotopic (exact) mass is 252 g/mol. The second kappa shape index (κ2) is 5.05. The first kappa shape index (κ1) is 11.7. The molecule has 2 aromatic rings. The number of anilines is 1. The Hall–Kier alpha value is -1.76.